The maximum atomic E-state index is 14.4. The molecule has 9 rings (SSSR count). The smallest absolute Gasteiger partial charge is 0.344 e. The molecule has 12 nitrogen and oxygen atoms in total. The number of benzene rings is 2. The topological polar surface area (TPSA) is 145 Å². The molecule has 0 radical (unpaired) electrons. The second-order valence-corrected chi connectivity index (χ2v) is 20.9. The molecular formula is C46H61N5O7S. The molecule has 318 valence electrons. The highest BCUT2D eigenvalue weighted by molar-refractivity contribution is 7.88. The first kappa shape index (κ1) is 40.6. The number of likely N-dealkylation sites (N-methyl/N-ethyl adjacent to an activating group) is 1. The molecule has 3 fully saturated rings. The number of sulfonamides is 1. The summed E-state index contributed by atoms with van der Waals surface area (Å²) in [6.07, 6.45) is 8.53. The lowest BCUT2D eigenvalue weighted by Gasteiger charge is -2.63. The van der Waals surface area contributed by atoms with Crippen LogP contribution >= 0.6 is 0 Å². The molecule has 2 saturated heterocycles. The predicted molar refractivity (Wildman–Crippen MR) is 228 cm³/mol. The third kappa shape index (κ3) is 5.63. The van der Waals surface area contributed by atoms with E-state index in [4.69, 9.17) is 9.47 Å². The van der Waals surface area contributed by atoms with Crippen LogP contribution in [-0.2, 0) is 46.3 Å². The average molecular weight is 828 g/mol. The summed E-state index contributed by atoms with van der Waals surface area (Å²) in [5.41, 5.74) is 2.98. The standard InChI is InChI=1S/C46H61N5O7S/c1-9-43(48-59(8,55)56)25-30-24-42(5,37-32(16-20-50(26-30)27-43)31-14-11-12-15-35(31)47-37)33-23-34-36(22-28(33)3)49(6)39-45(34)18-21-51-19-13-17-44(10-2,38(45)51)40(58-29(4)52)46(39,54)41(53)57-7/h11-15,17,22-23,30,38-40,47-48,54H,9-10,16,18-21,24-27H2,1-8H3/t30-,38-,39?,40+,42+,43?,44+,45+,46-/m0/s1. The summed E-state index contributed by atoms with van der Waals surface area (Å²) >= 11 is 0. The number of nitrogens with one attached hydrogen (secondary N) is 2. The van der Waals surface area contributed by atoms with Crippen LogP contribution in [-0.4, -0.2) is 123 Å². The van der Waals surface area contributed by atoms with E-state index in [-0.39, 0.29) is 12.0 Å². The number of esters is 2. The van der Waals surface area contributed by atoms with Gasteiger partial charge in [-0.05, 0) is 99.2 Å². The summed E-state index contributed by atoms with van der Waals surface area (Å²) in [6, 6.07) is 12.2. The van der Waals surface area contributed by atoms with Gasteiger partial charge in [-0.2, -0.15) is 0 Å². The minimum Gasteiger partial charge on any atom is -0.467 e. The zero-order chi connectivity index (χ0) is 42.1. The Balaban J connectivity index is 1.28. The second-order valence-electron chi connectivity index (χ2n) is 19.2. The molecule has 3 N–H and O–H groups in total. The minimum atomic E-state index is -3.47. The molecule has 1 spiro atoms. The predicted octanol–water partition coefficient (Wildman–Crippen LogP) is 4.69. The van der Waals surface area contributed by atoms with E-state index in [1.165, 1.54) is 42.5 Å². The van der Waals surface area contributed by atoms with Crippen LogP contribution in [0.15, 0.2) is 48.6 Å². The SMILES string of the molecule is CCC1(NS(C)(=O)=O)C[C@H]2CN(CCc3c([nH]c4ccccc34)[C@@](C)(c3cc4c(cc3C)N(C)C3[C@]45CCN4CC=C[C@@](CC)([C@@H](OC(C)=O)[C@]3(O)C(=O)OC)[C@H]45)C2)C1. The van der Waals surface area contributed by atoms with Gasteiger partial charge in [0.2, 0.25) is 15.6 Å². The highest BCUT2D eigenvalue weighted by atomic mass is 32.2. The van der Waals surface area contributed by atoms with Gasteiger partial charge in [0.05, 0.1) is 19.4 Å². The first-order chi connectivity index (χ1) is 27.9. The third-order valence-electron chi connectivity index (χ3n) is 15.9. The van der Waals surface area contributed by atoms with Crippen molar-refractivity contribution in [3.05, 3.63) is 76.5 Å². The van der Waals surface area contributed by atoms with Gasteiger partial charge in [-0.1, -0.05) is 50.3 Å². The number of methoxy groups -OCH3 is 1. The summed E-state index contributed by atoms with van der Waals surface area (Å²) in [6.45, 7) is 13.9. The van der Waals surface area contributed by atoms with Crippen LogP contribution in [0.3, 0.4) is 0 Å². The number of carbonyl (C=O) groups excluding carboxylic acids is 2. The molecular weight excluding hydrogens is 767 g/mol. The van der Waals surface area contributed by atoms with Crippen molar-refractivity contribution in [3.63, 3.8) is 0 Å². The van der Waals surface area contributed by atoms with E-state index >= 15 is 0 Å². The Bertz CT molecular complexity index is 2380. The number of nitrogens with zero attached hydrogens (tertiary/aromatic N) is 3. The highest BCUT2D eigenvalue weighted by Gasteiger charge is 2.80. The fourth-order valence-corrected chi connectivity index (χ4v) is 15.1. The molecule has 1 aromatic heterocycles. The number of aromatic amines is 1. The Morgan fingerprint density at radius 2 is 1.83 bits per heavy atom. The first-order valence-corrected chi connectivity index (χ1v) is 23.4. The number of ether oxygens (including phenoxy) is 2. The number of para-hydroxylation sites is 1. The van der Waals surface area contributed by atoms with Gasteiger partial charge in [-0.3, -0.25) is 9.69 Å². The highest BCUT2D eigenvalue weighted by Crippen LogP contribution is 2.68. The van der Waals surface area contributed by atoms with Gasteiger partial charge in [-0.15, -0.1) is 0 Å². The number of rotatable bonds is 7. The molecule has 6 heterocycles. The number of aliphatic hydroxyl groups is 1. The largest absolute Gasteiger partial charge is 0.467 e. The zero-order valence-corrected chi connectivity index (χ0v) is 36.7. The van der Waals surface area contributed by atoms with Gasteiger partial charge in [0, 0.05) is 90.3 Å². The number of hydrogen-bond donors (Lipinski definition) is 3. The monoisotopic (exact) mass is 827 g/mol. The first-order valence-electron chi connectivity index (χ1n) is 21.5. The van der Waals surface area contributed by atoms with Gasteiger partial charge in [0.1, 0.15) is 0 Å². The number of aryl methyl sites for hydroxylation is 1. The van der Waals surface area contributed by atoms with Crippen LogP contribution in [0, 0.1) is 18.3 Å². The lowest BCUT2D eigenvalue weighted by Crippen LogP contribution is -2.81. The number of fused-ring (bicyclic) bond motifs is 6. The minimum absolute atomic E-state index is 0.170. The summed E-state index contributed by atoms with van der Waals surface area (Å²) in [4.78, 5) is 38.3. The summed E-state index contributed by atoms with van der Waals surface area (Å²) in [5.74, 6) is -1.19. The Kier molecular flexibility index (Phi) is 9.39. The normalized spacial score (nSPS) is 37.4. The quantitative estimate of drug-likeness (QED) is 0.227. The fraction of sp³-hybridized carbons (Fsp3) is 0.609. The van der Waals surface area contributed by atoms with Crippen molar-refractivity contribution < 1.29 is 32.6 Å². The van der Waals surface area contributed by atoms with Crippen LogP contribution in [0.25, 0.3) is 10.9 Å². The number of piperidine rings is 1. The van der Waals surface area contributed by atoms with Crippen molar-refractivity contribution in [3.8, 4) is 0 Å². The van der Waals surface area contributed by atoms with Crippen molar-refractivity contribution in [2.24, 2.45) is 11.3 Å². The van der Waals surface area contributed by atoms with Gasteiger partial charge in [0.25, 0.3) is 0 Å². The van der Waals surface area contributed by atoms with Crippen molar-refractivity contribution >= 4 is 38.6 Å². The molecule has 0 amide bonds. The number of anilines is 1. The van der Waals surface area contributed by atoms with E-state index in [9.17, 15) is 23.1 Å². The lowest BCUT2D eigenvalue weighted by atomic mass is 9.47. The van der Waals surface area contributed by atoms with Crippen LogP contribution in [0.1, 0.15) is 87.7 Å². The molecule has 59 heavy (non-hydrogen) atoms. The Morgan fingerprint density at radius 1 is 1.07 bits per heavy atom. The zero-order valence-electron chi connectivity index (χ0n) is 35.9. The number of hydrogen-bond acceptors (Lipinski definition) is 10. The van der Waals surface area contributed by atoms with Crippen LogP contribution in [0.4, 0.5) is 5.69 Å². The maximum absolute atomic E-state index is 14.4. The number of aromatic nitrogens is 1. The number of H-pyrrole nitrogens is 1. The third-order valence-corrected chi connectivity index (χ3v) is 16.7. The molecule has 3 aromatic rings. The van der Waals surface area contributed by atoms with Crippen molar-refractivity contribution in [2.75, 3.05) is 58.0 Å². The van der Waals surface area contributed by atoms with E-state index in [2.05, 4.69) is 101 Å². The molecule has 2 bridgehead atoms. The van der Waals surface area contributed by atoms with E-state index in [0.29, 0.717) is 25.8 Å². The van der Waals surface area contributed by atoms with E-state index in [1.807, 2.05) is 7.05 Å². The molecule has 10 atom stereocenters. The van der Waals surface area contributed by atoms with Crippen molar-refractivity contribution in [2.45, 2.75) is 113 Å². The molecule has 6 aliphatic rings. The van der Waals surface area contributed by atoms with Crippen LogP contribution in [0.5, 0.6) is 0 Å². The van der Waals surface area contributed by atoms with E-state index in [1.54, 1.807) is 0 Å². The van der Waals surface area contributed by atoms with Gasteiger partial charge < -0.3 is 29.4 Å². The molecule has 2 aromatic carbocycles. The number of carbonyl (C=O) groups is 2. The summed E-state index contributed by atoms with van der Waals surface area (Å²) < 4.78 is 40.6. The van der Waals surface area contributed by atoms with Gasteiger partial charge in [0.15, 0.2) is 6.10 Å². The lowest BCUT2D eigenvalue weighted by molar-refractivity contribution is -0.228. The Morgan fingerprint density at radius 3 is 2.53 bits per heavy atom. The summed E-state index contributed by atoms with van der Waals surface area (Å²) in [7, 11) is -0.208. The fourth-order valence-electron chi connectivity index (χ4n) is 14.1. The summed E-state index contributed by atoms with van der Waals surface area (Å²) in [5, 5.41) is 14.5. The molecule has 1 saturated carbocycles. The van der Waals surface area contributed by atoms with Gasteiger partial charge in [-0.25, -0.2) is 17.9 Å². The second kappa shape index (κ2) is 13.6. The van der Waals surface area contributed by atoms with Gasteiger partial charge >= 0.3 is 11.9 Å². The Hall–Kier alpha value is -3.75. The van der Waals surface area contributed by atoms with Crippen LogP contribution < -0.4 is 9.62 Å². The van der Waals surface area contributed by atoms with Crippen molar-refractivity contribution in [1.29, 1.82) is 0 Å². The average Bonchev–Trinajstić information content (AvgIpc) is 3.85. The maximum Gasteiger partial charge on any atom is 0.344 e. The van der Waals surface area contributed by atoms with E-state index < -0.39 is 61.5 Å². The molecule has 13 heteroatoms. The molecule has 1 aliphatic carbocycles. The van der Waals surface area contributed by atoms with Crippen molar-refractivity contribution in [1.82, 2.24) is 19.5 Å². The molecule has 5 aliphatic heterocycles. The van der Waals surface area contributed by atoms with E-state index in [0.717, 1.165) is 67.8 Å². The Labute approximate surface area is 348 Å². The van der Waals surface area contributed by atoms with Crippen LogP contribution in [0.2, 0.25) is 0 Å². The molecule has 3 unspecified atom stereocenters.